The molecule has 1 heterocycles. The molecule has 2 aromatic carbocycles. The molecule has 1 fully saturated rings. The first-order valence-electron chi connectivity index (χ1n) is 10.4. The number of pyridine rings is 1. The third-order valence-electron chi connectivity index (χ3n) is 6.42. The van der Waals surface area contributed by atoms with Crippen LogP contribution in [0, 0.1) is 23.5 Å². The maximum absolute atomic E-state index is 13.8. The predicted octanol–water partition coefficient (Wildman–Crippen LogP) is 6.30. The van der Waals surface area contributed by atoms with Crippen LogP contribution in [0.3, 0.4) is 0 Å². The number of benzene rings is 2. The number of rotatable bonds is 4. The minimum absolute atomic E-state index is 0.0846. The van der Waals surface area contributed by atoms with Gasteiger partial charge in [0.2, 0.25) is 5.91 Å². The van der Waals surface area contributed by atoms with Crippen LogP contribution in [0.5, 0.6) is 0 Å². The Morgan fingerprint density at radius 1 is 1.16 bits per heavy atom. The van der Waals surface area contributed by atoms with Gasteiger partial charge in [0.25, 0.3) is 0 Å². The van der Waals surface area contributed by atoms with E-state index in [4.69, 9.17) is 17.3 Å². The van der Waals surface area contributed by atoms with E-state index in [0.717, 1.165) is 48.2 Å². The summed E-state index contributed by atoms with van der Waals surface area (Å²) in [6, 6.07) is 9.11. The van der Waals surface area contributed by atoms with Gasteiger partial charge in [0, 0.05) is 23.6 Å². The van der Waals surface area contributed by atoms with Crippen molar-refractivity contribution < 1.29 is 13.6 Å². The van der Waals surface area contributed by atoms with Crippen LogP contribution in [-0.4, -0.2) is 10.9 Å². The molecule has 0 bridgehead atoms. The highest BCUT2D eigenvalue weighted by Crippen LogP contribution is 2.41. The Labute approximate surface area is 184 Å². The number of fused-ring (bicyclic) bond motifs is 1. The summed E-state index contributed by atoms with van der Waals surface area (Å²) in [5.74, 6) is -0.735. The molecule has 1 amide bonds. The Hall–Kier alpha value is -2.73. The highest BCUT2D eigenvalue weighted by Gasteiger charge is 2.30. The summed E-state index contributed by atoms with van der Waals surface area (Å²) in [5.41, 5.74) is 8.19. The van der Waals surface area contributed by atoms with Crippen molar-refractivity contribution in [2.24, 2.45) is 11.8 Å². The smallest absolute Gasteiger partial charge is 0.227 e. The summed E-state index contributed by atoms with van der Waals surface area (Å²) in [4.78, 5) is 17.1. The van der Waals surface area contributed by atoms with Gasteiger partial charge in [0.05, 0.1) is 21.9 Å². The molecule has 3 N–H and O–H groups in total. The summed E-state index contributed by atoms with van der Waals surface area (Å²) in [7, 11) is 0. The van der Waals surface area contributed by atoms with Crippen molar-refractivity contribution in [1.29, 1.82) is 0 Å². The highest BCUT2D eigenvalue weighted by atomic mass is 35.5. The first-order chi connectivity index (χ1) is 14.8. The van der Waals surface area contributed by atoms with Gasteiger partial charge in [-0.2, -0.15) is 0 Å². The van der Waals surface area contributed by atoms with Crippen LogP contribution in [0.4, 0.5) is 20.2 Å². The Bertz CT molecular complexity index is 1130. The summed E-state index contributed by atoms with van der Waals surface area (Å²) in [6.45, 7) is 1.90. The predicted molar refractivity (Wildman–Crippen MR) is 120 cm³/mol. The van der Waals surface area contributed by atoms with E-state index in [-0.39, 0.29) is 34.3 Å². The number of nitrogens with two attached hydrogens (primary N) is 1. The third kappa shape index (κ3) is 4.49. The fourth-order valence-corrected chi connectivity index (χ4v) is 4.72. The molecule has 31 heavy (non-hydrogen) atoms. The Morgan fingerprint density at radius 2 is 1.90 bits per heavy atom. The van der Waals surface area contributed by atoms with Crippen molar-refractivity contribution in [3.05, 3.63) is 64.8 Å². The number of nitrogens with zero attached hydrogens (tertiary/aromatic N) is 1. The Kier molecular flexibility index (Phi) is 6.10. The van der Waals surface area contributed by atoms with Gasteiger partial charge >= 0.3 is 0 Å². The van der Waals surface area contributed by atoms with Crippen molar-refractivity contribution in [2.75, 3.05) is 11.1 Å². The Morgan fingerprint density at radius 3 is 2.65 bits per heavy atom. The molecule has 0 saturated heterocycles. The number of aromatic nitrogens is 1. The van der Waals surface area contributed by atoms with Crippen LogP contribution in [0.1, 0.15) is 44.1 Å². The number of amides is 1. The van der Waals surface area contributed by atoms with E-state index in [2.05, 4.69) is 10.3 Å². The zero-order valence-corrected chi connectivity index (χ0v) is 17.9. The van der Waals surface area contributed by atoms with Gasteiger partial charge in [0.15, 0.2) is 0 Å². The lowest BCUT2D eigenvalue weighted by Crippen LogP contribution is -2.30. The molecule has 4 nitrogen and oxygen atoms in total. The van der Waals surface area contributed by atoms with Crippen LogP contribution in [0.25, 0.3) is 10.9 Å². The fourth-order valence-electron chi connectivity index (χ4n) is 4.56. The number of anilines is 2. The van der Waals surface area contributed by atoms with E-state index in [1.54, 1.807) is 18.3 Å². The first kappa shape index (κ1) is 21.5. The summed E-state index contributed by atoms with van der Waals surface area (Å²) < 4.78 is 27.3. The minimum atomic E-state index is -0.618. The summed E-state index contributed by atoms with van der Waals surface area (Å²) >= 11 is 5.81. The van der Waals surface area contributed by atoms with Gasteiger partial charge in [-0.05, 0) is 73.4 Å². The second kappa shape index (κ2) is 8.79. The van der Waals surface area contributed by atoms with Gasteiger partial charge in [-0.3, -0.25) is 9.78 Å². The molecule has 0 radical (unpaired) electrons. The molecule has 1 aromatic heterocycles. The van der Waals surface area contributed by atoms with Crippen LogP contribution in [0.2, 0.25) is 5.02 Å². The van der Waals surface area contributed by atoms with Crippen molar-refractivity contribution in [3.63, 3.8) is 0 Å². The molecular formula is C24H24ClF2N3O. The number of carbonyl (C=O) groups is 1. The molecule has 0 aliphatic heterocycles. The van der Waals surface area contributed by atoms with E-state index in [1.807, 2.05) is 13.0 Å². The second-order valence-corrected chi connectivity index (χ2v) is 8.71. The molecule has 162 valence electrons. The van der Waals surface area contributed by atoms with Gasteiger partial charge in [0.1, 0.15) is 11.6 Å². The van der Waals surface area contributed by atoms with Gasteiger partial charge in [-0.15, -0.1) is 0 Å². The maximum atomic E-state index is 13.8. The zero-order valence-electron chi connectivity index (χ0n) is 17.2. The van der Waals surface area contributed by atoms with Crippen molar-refractivity contribution in [2.45, 2.75) is 38.5 Å². The van der Waals surface area contributed by atoms with Crippen LogP contribution in [0.15, 0.2) is 42.6 Å². The molecule has 1 atom stereocenters. The zero-order chi connectivity index (χ0) is 22.1. The van der Waals surface area contributed by atoms with E-state index in [1.165, 1.54) is 12.1 Å². The normalized spacial score (nSPS) is 19.9. The van der Waals surface area contributed by atoms with Gasteiger partial charge in [-0.25, -0.2) is 8.78 Å². The molecule has 3 aromatic rings. The van der Waals surface area contributed by atoms with E-state index >= 15 is 0 Å². The second-order valence-electron chi connectivity index (χ2n) is 8.30. The Balaban J connectivity index is 1.42. The fraction of sp³-hybridized carbons (Fsp3) is 0.333. The molecule has 1 unspecified atom stereocenters. The van der Waals surface area contributed by atoms with Gasteiger partial charge in [-0.1, -0.05) is 18.5 Å². The van der Waals surface area contributed by atoms with E-state index in [0.29, 0.717) is 11.6 Å². The number of nitrogen functional groups attached to an aromatic ring is 1. The molecule has 0 spiro atoms. The monoisotopic (exact) mass is 443 g/mol. The SMILES string of the molecule is CC(C(=O)Nc1cc(Cl)c(F)cc1N)C1CCC(c2ccnc3ccc(F)cc23)CC1. The molecule has 1 saturated carbocycles. The lowest BCUT2D eigenvalue weighted by Gasteiger charge is -2.32. The molecule has 1 aliphatic carbocycles. The molecule has 4 rings (SSSR count). The van der Waals surface area contributed by atoms with Crippen molar-refractivity contribution >= 4 is 39.8 Å². The number of nitrogens with one attached hydrogen (secondary N) is 1. The van der Waals surface area contributed by atoms with Crippen molar-refractivity contribution in [3.8, 4) is 0 Å². The molecular weight excluding hydrogens is 420 g/mol. The number of carbonyl (C=O) groups excluding carboxylic acids is 1. The largest absolute Gasteiger partial charge is 0.397 e. The number of hydrogen-bond donors (Lipinski definition) is 2. The van der Waals surface area contributed by atoms with Crippen LogP contribution < -0.4 is 11.1 Å². The lowest BCUT2D eigenvalue weighted by atomic mass is 9.73. The average molecular weight is 444 g/mol. The van der Waals surface area contributed by atoms with Crippen molar-refractivity contribution in [1.82, 2.24) is 4.98 Å². The maximum Gasteiger partial charge on any atom is 0.227 e. The molecule has 7 heteroatoms. The lowest BCUT2D eigenvalue weighted by molar-refractivity contribution is -0.121. The summed E-state index contributed by atoms with van der Waals surface area (Å²) in [6.07, 6.45) is 5.39. The number of hydrogen-bond acceptors (Lipinski definition) is 3. The highest BCUT2D eigenvalue weighted by molar-refractivity contribution is 6.31. The topological polar surface area (TPSA) is 68.0 Å². The van der Waals surface area contributed by atoms with E-state index in [9.17, 15) is 13.6 Å². The summed E-state index contributed by atoms with van der Waals surface area (Å²) in [5, 5.41) is 3.56. The molecule has 1 aliphatic rings. The van der Waals surface area contributed by atoms with E-state index < -0.39 is 5.82 Å². The first-order valence-corrected chi connectivity index (χ1v) is 10.8. The van der Waals surface area contributed by atoms with Crippen LogP contribution in [-0.2, 0) is 4.79 Å². The van der Waals surface area contributed by atoms with Gasteiger partial charge < -0.3 is 11.1 Å². The number of halogens is 3. The quantitative estimate of drug-likeness (QED) is 0.465. The average Bonchev–Trinajstić information content (AvgIpc) is 2.76. The third-order valence-corrected chi connectivity index (χ3v) is 6.71. The minimum Gasteiger partial charge on any atom is -0.397 e. The van der Waals surface area contributed by atoms with Crippen LogP contribution >= 0.6 is 11.6 Å². The standard InChI is InChI=1S/C24H24ClF2N3O/c1-13(24(31)30-23-11-19(25)20(27)12-21(23)28)14-2-4-15(5-3-14)17-8-9-29-22-7-6-16(26)10-18(17)22/h6-15H,2-5,28H2,1H3,(H,30,31).